The number of amides is 1. The minimum Gasteiger partial charge on any atom is -0.326 e. The van der Waals surface area contributed by atoms with Gasteiger partial charge in [-0.3, -0.25) is 9.69 Å². The SMILES string of the molecule is CCN1C[C@H](c2cccc(Cl)c2F)[C@H](C(=O)Nc2cccc(Cl)c2)C12CCCCC2. The van der Waals surface area contributed by atoms with Crippen molar-refractivity contribution in [3.05, 3.63) is 63.9 Å². The van der Waals surface area contributed by atoms with Crippen molar-refractivity contribution in [2.45, 2.75) is 50.5 Å². The van der Waals surface area contributed by atoms with E-state index in [1.54, 1.807) is 30.3 Å². The van der Waals surface area contributed by atoms with Crippen molar-refractivity contribution in [2.24, 2.45) is 5.92 Å². The highest BCUT2D eigenvalue weighted by Gasteiger charge is 2.56. The Balaban J connectivity index is 1.76. The highest BCUT2D eigenvalue weighted by Crippen LogP contribution is 2.52. The Morgan fingerprint density at radius 3 is 2.60 bits per heavy atom. The Morgan fingerprint density at radius 2 is 1.90 bits per heavy atom. The number of carbonyl (C=O) groups excluding carboxylic acids is 1. The molecule has 1 heterocycles. The molecule has 3 nitrogen and oxygen atoms in total. The number of nitrogens with one attached hydrogen (secondary N) is 1. The van der Waals surface area contributed by atoms with Crippen LogP contribution in [0, 0.1) is 11.7 Å². The summed E-state index contributed by atoms with van der Waals surface area (Å²) in [6.07, 6.45) is 5.25. The maximum absolute atomic E-state index is 15.1. The summed E-state index contributed by atoms with van der Waals surface area (Å²) < 4.78 is 15.1. The third-order valence-corrected chi connectivity index (χ3v) is 7.41. The summed E-state index contributed by atoms with van der Waals surface area (Å²) in [5.41, 5.74) is 0.947. The number of halogens is 3. The van der Waals surface area contributed by atoms with E-state index in [1.165, 1.54) is 6.42 Å². The van der Waals surface area contributed by atoms with Gasteiger partial charge in [0.05, 0.1) is 10.9 Å². The van der Waals surface area contributed by atoms with Crippen LogP contribution in [0.2, 0.25) is 10.0 Å². The number of anilines is 1. The lowest BCUT2D eigenvalue weighted by Gasteiger charge is -2.45. The van der Waals surface area contributed by atoms with E-state index in [0.717, 1.165) is 32.2 Å². The molecule has 2 aromatic rings. The average Bonchev–Trinajstić information content (AvgIpc) is 3.03. The Morgan fingerprint density at radius 1 is 1.17 bits per heavy atom. The van der Waals surface area contributed by atoms with Crippen LogP contribution in [-0.4, -0.2) is 29.4 Å². The first-order valence-electron chi connectivity index (χ1n) is 10.7. The van der Waals surface area contributed by atoms with Crippen LogP contribution in [0.15, 0.2) is 42.5 Å². The summed E-state index contributed by atoms with van der Waals surface area (Å²) in [7, 11) is 0. The van der Waals surface area contributed by atoms with E-state index in [4.69, 9.17) is 23.2 Å². The summed E-state index contributed by atoms with van der Waals surface area (Å²) in [6, 6.07) is 12.3. The van der Waals surface area contributed by atoms with Gasteiger partial charge >= 0.3 is 0 Å². The minimum absolute atomic E-state index is 0.0699. The molecule has 2 aliphatic rings. The zero-order chi connectivity index (χ0) is 21.3. The maximum Gasteiger partial charge on any atom is 0.230 e. The Hall–Kier alpha value is -1.62. The molecular weight excluding hydrogens is 422 g/mol. The fraction of sp³-hybridized carbons (Fsp3) is 0.458. The quantitative estimate of drug-likeness (QED) is 0.577. The van der Waals surface area contributed by atoms with Crippen LogP contribution in [-0.2, 0) is 4.79 Å². The first-order valence-corrected chi connectivity index (χ1v) is 11.5. The van der Waals surface area contributed by atoms with Gasteiger partial charge in [0.15, 0.2) is 0 Å². The van der Waals surface area contributed by atoms with Gasteiger partial charge in [0.2, 0.25) is 5.91 Å². The van der Waals surface area contributed by atoms with Crippen molar-refractivity contribution >= 4 is 34.8 Å². The van der Waals surface area contributed by atoms with E-state index in [0.29, 0.717) is 22.8 Å². The zero-order valence-corrected chi connectivity index (χ0v) is 18.6. The van der Waals surface area contributed by atoms with Crippen LogP contribution in [0.25, 0.3) is 0 Å². The predicted octanol–water partition coefficient (Wildman–Crippen LogP) is 6.51. The Kier molecular flexibility index (Phi) is 6.38. The standard InChI is InChI=1S/C24H27Cl2FN2O/c1-2-29-15-19(18-10-7-11-20(26)22(18)27)21(24(29)12-4-3-5-13-24)23(30)28-17-9-6-8-16(25)14-17/h6-11,14,19,21H,2-5,12-13,15H2,1H3,(H,28,30)/t19-,21-/m1/s1. The number of benzene rings is 2. The Bertz CT molecular complexity index is 929. The lowest BCUT2D eigenvalue weighted by atomic mass is 9.69. The number of likely N-dealkylation sites (N-methyl/N-ethyl adjacent to an activating group) is 1. The molecule has 2 atom stereocenters. The Labute approximate surface area is 187 Å². The van der Waals surface area contributed by atoms with Gasteiger partial charge in [-0.15, -0.1) is 0 Å². The highest BCUT2D eigenvalue weighted by molar-refractivity contribution is 6.31. The fourth-order valence-electron chi connectivity index (χ4n) is 5.63. The molecule has 2 fully saturated rings. The normalized spacial score (nSPS) is 23.6. The van der Waals surface area contributed by atoms with Gasteiger partial charge < -0.3 is 5.32 Å². The molecule has 1 aliphatic carbocycles. The van der Waals surface area contributed by atoms with Crippen LogP contribution in [0.1, 0.15) is 50.5 Å². The molecule has 2 aromatic carbocycles. The van der Waals surface area contributed by atoms with Gasteiger partial charge in [0, 0.05) is 28.7 Å². The van der Waals surface area contributed by atoms with Gasteiger partial charge in [-0.2, -0.15) is 0 Å². The van der Waals surface area contributed by atoms with Crippen molar-refractivity contribution in [2.75, 3.05) is 18.4 Å². The van der Waals surface area contributed by atoms with Crippen LogP contribution in [0.5, 0.6) is 0 Å². The second kappa shape index (κ2) is 8.86. The fourth-order valence-corrected chi connectivity index (χ4v) is 6.00. The molecule has 0 radical (unpaired) electrons. The van der Waals surface area contributed by atoms with E-state index in [-0.39, 0.29) is 28.3 Å². The minimum atomic E-state index is -0.409. The smallest absolute Gasteiger partial charge is 0.230 e. The largest absolute Gasteiger partial charge is 0.326 e. The summed E-state index contributed by atoms with van der Waals surface area (Å²) in [6.45, 7) is 3.61. The van der Waals surface area contributed by atoms with E-state index >= 15 is 4.39 Å². The first-order chi connectivity index (χ1) is 14.5. The van der Waals surface area contributed by atoms with Crippen molar-refractivity contribution < 1.29 is 9.18 Å². The zero-order valence-electron chi connectivity index (χ0n) is 17.1. The monoisotopic (exact) mass is 448 g/mol. The van der Waals surface area contributed by atoms with E-state index in [9.17, 15) is 4.79 Å². The number of hydrogen-bond acceptors (Lipinski definition) is 2. The molecule has 0 bridgehead atoms. The van der Waals surface area contributed by atoms with Crippen molar-refractivity contribution in [1.29, 1.82) is 0 Å². The third-order valence-electron chi connectivity index (χ3n) is 6.88. The topological polar surface area (TPSA) is 32.3 Å². The lowest BCUT2D eigenvalue weighted by molar-refractivity contribution is -0.124. The number of nitrogens with zero attached hydrogens (tertiary/aromatic N) is 1. The highest BCUT2D eigenvalue weighted by atomic mass is 35.5. The number of carbonyl (C=O) groups is 1. The molecule has 160 valence electrons. The first kappa shape index (κ1) is 21.6. The molecular formula is C24H27Cl2FN2O. The van der Waals surface area contributed by atoms with Gasteiger partial charge in [-0.25, -0.2) is 4.39 Å². The number of hydrogen-bond donors (Lipinski definition) is 1. The van der Waals surface area contributed by atoms with Crippen molar-refractivity contribution in [3.8, 4) is 0 Å². The second-order valence-corrected chi connectivity index (χ2v) is 9.27. The van der Waals surface area contributed by atoms with Gasteiger partial charge in [0.25, 0.3) is 0 Å². The third kappa shape index (κ3) is 3.86. The molecule has 1 amide bonds. The van der Waals surface area contributed by atoms with Crippen LogP contribution in [0.3, 0.4) is 0 Å². The van der Waals surface area contributed by atoms with E-state index in [1.807, 2.05) is 12.1 Å². The molecule has 1 N–H and O–H groups in total. The van der Waals surface area contributed by atoms with Crippen molar-refractivity contribution in [1.82, 2.24) is 4.90 Å². The molecule has 6 heteroatoms. The summed E-state index contributed by atoms with van der Waals surface area (Å²) >= 11 is 12.2. The summed E-state index contributed by atoms with van der Waals surface area (Å²) in [5.74, 6) is -1.08. The molecule has 1 saturated carbocycles. The summed E-state index contributed by atoms with van der Waals surface area (Å²) in [5, 5.41) is 3.74. The molecule has 0 unspecified atom stereocenters. The van der Waals surface area contributed by atoms with Gasteiger partial charge in [-0.1, -0.05) is 67.6 Å². The molecule has 0 aromatic heterocycles. The van der Waals surface area contributed by atoms with Crippen molar-refractivity contribution in [3.63, 3.8) is 0 Å². The number of rotatable bonds is 4. The molecule has 1 spiro atoms. The second-order valence-electron chi connectivity index (χ2n) is 8.43. The molecule has 4 rings (SSSR count). The molecule has 30 heavy (non-hydrogen) atoms. The maximum atomic E-state index is 15.1. The van der Waals surface area contributed by atoms with Crippen LogP contribution >= 0.6 is 23.2 Å². The van der Waals surface area contributed by atoms with Gasteiger partial charge in [0.1, 0.15) is 5.82 Å². The van der Waals surface area contributed by atoms with Crippen LogP contribution < -0.4 is 5.32 Å². The predicted molar refractivity (Wildman–Crippen MR) is 121 cm³/mol. The summed E-state index contributed by atoms with van der Waals surface area (Å²) in [4.78, 5) is 16.1. The van der Waals surface area contributed by atoms with Gasteiger partial charge in [-0.05, 0) is 49.2 Å². The van der Waals surface area contributed by atoms with Crippen LogP contribution in [0.4, 0.5) is 10.1 Å². The van der Waals surface area contributed by atoms with E-state index < -0.39 is 5.82 Å². The average molecular weight is 449 g/mol. The molecule has 1 aliphatic heterocycles. The van der Waals surface area contributed by atoms with E-state index in [2.05, 4.69) is 17.1 Å². The lowest BCUT2D eigenvalue weighted by Crippen LogP contribution is -2.52. The number of likely N-dealkylation sites (tertiary alicyclic amines) is 1. The molecule has 1 saturated heterocycles.